The Morgan fingerprint density at radius 2 is 1.56 bits per heavy atom. The minimum atomic E-state index is -0.621. The third-order valence-electron chi connectivity index (χ3n) is 5.03. The lowest BCUT2D eigenvalue weighted by Crippen LogP contribution is -2.21. The van der Waals surface area contributed by atoms with Gasteiger partial charge in [-0.3, -0.25) is 4.79 Å². The van der Waals surface area contributed by atoms with Crippen LogP contribution >= 0.6 is 11.3 Å². The Balaban J connectivity index is 1.77. The molecular weight excluding hydrogens is 454 g/mol. The lowest BCUT2D eigenvalue weighted by molar-refractivity contribution is -0.118. The first-order valence-electron chi connectivity index (χ1n) is 10.8. The third kappa shape index (κ3) is 6.02. The van der Waals surface area contributed by atoms with E-state index in [1.165, 1.54) is 0 Å². The van der Waals surface area contributed by atoms with Gasteiger partial charge < -0.3 is 19.5 Å². The van der Waals surface area contributed by atoms with Gasteiger partial charge in [0.15, 0.2) is 6.61 Å². The lowest BCUT2D eigenvalue weighted by atomic mass is 10.1. The van der Waals surface area contributed by atoms with Crippen LogP contribution in [0.15, 0.2) is 48.5 Å². The van der Waals surface area contributed by atoms with Gasteiger partial charge >= 0.3 is 11.9 Å². The summed E-state index contributed by atoms with van der Waals surface area (Å²) in [5.41, 5.74) is 3.20. The molecule has 3 rings (SSSR count). The van der Waals surface area contributed by atoms with Crippen molar-refractivity contribution in [2.45, 2.75) is 34.3 Å². The maximum absolute atomic E-state index is 12.8. The first-order valence-corrected chi connectivity index (χ1v) is 11.6. The van der Waals surface area contributed by atoms with E-state index in [-0.39, 0.29) is 35.3 Å². The third-order valence-corrected chi connectivity index (χ3v) is 6.22. The molecule has 0 spiro atoms. The number of benzene rings is 2. The average molecular weight is 482 g/mol. The number of thiophene rings is 1. The average Bonchev–Trinajstić information content (AvgIpc) is 3.13. The number of hydrogen-bond donors (Lipinski definition) is 1. The van der Waals surface area contributed by atoms with E-state index >= 15 is 0 Å². The maximum Gasteiger partial charge on any atom is 0.349 e. The zero-order chi connectivity index (χ0) is 24.7. The van der Waals surface area contributed by atoms with Gasteiger partial charge in [0, 0.05) is 0 Å². The molecule has 8 heteroatoms. The molecule has 2 aromatic carbocycles. The van der Waals surface area contributed by atoms with Crippen LogP contribution in [0.25, 0.3) is 0 Å². The van der Waals surface area contributed by atoms with Crippen LogP contribution in [0, 0.1) is 20.8 Å². The summed E-state index contributed by atoms with van der Waals surface area (Å²) in [6, 6.07) is 15.0. The Hall–Kier alpha value is -3.65. The fraction of sp³-hybridized carbons (Fsp3) is 0.269. The summed E-state index contributed by atoms with van der Waals surface area (Å²) in [7, 11) is 0. The fourth-order valence-corrected chi connectivity index (χ4v) is 4.47. The molecule has 3 aromatic rings. The van der Waals surface area contributed by atoms with E-state index in [0.29, 0.717) is 11.3 Å². The van der Waals surface area contributed by atoms with Gasteiger partial charge in [0.2, 0.25) is 0 Å². The van der Waals surface area contributed by atoms with Crippen molar-refractivity contribution in [1.82, 2.24) is 0 Å². The van der Waals surface area contributed by atoms with Crippen molar-refractivity contribution in [1.29, 1.82) is 0 Å². The fourth-order valence-electron chi connectivity index (χ4n) is 3.36. The summed E-state index contributed by atoms with van der Waals surface area (Å²) < 4.78 is 16.3. The topological polar surface area (TPSA) is 90.9 Å². The number of carbonyl (C=O) groups is 3. The number of rotatable bonds is 9. The number of carbonyl (C=O) groups excluding carboxylic acids is 3. The molecule has 1 N–H and O–H groups in total. The van der Waals surface area contributed by atoms with E-state index < -0.39 is 17.8 Å². The Labute approximate surface area is 202 Å². The van der Waals surface area contributed by atoms with Crippen LogP contribution in [0.2, 0.25) is 0 Å². The Kier molecular flexibility index (Phi) is 8.43. The smallest absolute Gasteiger partial charge is 0.349 e. The van der Waals surface area contributed by atoms with Crippen LogP contribution in [-0.4, -0.2) is 31.1 Å². The van der Waals surface area contributed by atoms with Crippen LogP contribution in [-0.2, 0) is 20.9 Å². The number of aryl methyl sites for hydroxylation is 2. The summed E-state index contributed by atoms with van der Waals surface area (Å²) in [6.07, 6.45) is 0. The van der Waals surface area contributed by atoms with Crippen molar-refractivity contribution in [2.75, 3.05) is 18.5 Å². The summed E-state index contributed by atoms with van der Waals surface area (Å²) in [5.74, 6) is -1.03. The molecule has 1 aromatic heterocycles. The van der Waals surface area contributed by atoms with Crippen molar-refractivity contribution in [3.8, 4) is 5.75 Å². The first kappa shape index (κ1) is 25.0. The van der Waals surface area contributed by atoms with Gasteiger partial charge in [-0.15, -0.1) is 11.3 Å². The van der Waals surface area contributed by atoms with Crippen molar-refractivity contribution in [3.05, 3.63) is 81.2 Å². The van der Waals surface area contributed by atoms with Crippen molar-refractivity contribution >= 4 is 34.2 Å². The normalized spacial score (nSPS) is 10.5. The van der Waals surface area contributed by atoms with Gasteiger partial charge in [0.05, 0.1) is 12.2 Å². The van der Waals surface area contributed by atoms with Gasteiger partial charge in [-0.05, 0) is 49.9 Å². The summed E-state index contributed by atoms with van der Waals surface area (Å²) >= 11 is 0.977. The van der Waals surface area contributed by atoms with E-state index in [1.54, 1.807) is 13.8 Å². The van der Waals surface area contributed by atoms with E-state index in [9.17, 15) is 14.4 Å². The highest BCUT2D eigenvalue weighted by Gasteiger charge is 2.27. The van der Waals surface area contributed by atoms with Crippen LogP contribution in [0.3, 0.4) is 0 Å². The molecule has 0 saturated heterocycles. The van der Waals surface area contributed by atoms with Crippen LogP contribution < -0.4 is 10.1 Å². The molecule has 0 unspecified atom stereocenters. The Bertz CT molecular complexity index is 1170. The first-order chi connectivity index (χ1) is 16.3. The predicted octanol–water partition coefficient (Wildman–Crippen LogP) is 5.22. The molecule has 0 aliphatic heterocycles. The molecule has 0 radical (unpaired) electrons. The Morgan fingerprint density at radius 1 is 0.882 bits per heavy atom. The number of para-hydroxylation sites is 1. The molecule has 178 valence electrons. The molecule has 0 bridgehead atoms. The van der Waals surface area contributed by atoms with Crippen molar-refractivity contribution < 1.29 is 28.6 Å². The molecule has 34 heavy (non-hydrogen) atoms. The summed E-state index contributed by atoms with van der Waals surface area (Å²) in [6.45, 7) is 7.11. The minimum absolute atomic E-state index is 0.0943. The number of hydrogen-bond acceptors (Lipinski definition) is 7. The second kappa shape index (κ2) is 11.5. The number of amides is 1. The zero-order valence-electron chi connectivity index (χ0n) is 19.6. The van der Waals surface area contributed by atoms with E-state index in [1.807, 2.05) is 62.4 Å². The SMILES string of the molecule is CCOC(=O)c1c(NC(=O)COc2c(C)cccc2C)sc(C(=O)OCc2ccccc2)c1C. The number of anilines is 1. The predicted molar refractivity (Wildman–Crippen MR) is 131 cm³/mol. The lowest BCUT2D eigenvalue weighted by Gasteiger charge is -2.12. The minimum Gasteiger partial charge on any atom is -0.483 e. The highest BCUT2D eigenvalue weighted by Crippen LogP contribution is 2.34. The molecule has 0 aliphatic carbocycles. The molecule has 1 amide bonds. The molecule has 0 aliphatic rings. The standard InChI is InChI=1S/C26H27NO6S/c1-5-31-25(29)21-18(4)23(26(30)33-14-19-12-7-6-8-13-19)34-24(21)27-20(28)15-32-22-16(2)10-9-11-17(22)3/h6-13H,5,14-15H2,1-4H3,(H,27,28). The highest BCUT2D eigenvalue weighted by atomic mass is 32.1. The second-order valence-corrected chi connectivity index (χ2v) is 8.62. The molecule has 1 heterocycles. The van der Waals surface area contributed by atoms with Gasteiger partial charge in [-0.1, -0.05) is 48.5 Å². The molecule has 0 fully saturated rings. The van der Waals surface area contributed by atoms with Crippen LogP contribution in [0.1, 0.15) is 49.2 Å². The second-order valence-electron chi connectivity index (χ2n) is 7.60. The van der Waals surface area contributed by atoms with Gasteiger partial charge in [0.25, 0.3) is 5.91 Å². The van der Waals surface area contributed by atoms with Crippen molar-refractivity contribution in [2.24, 2.45) is 0 Å². The largest absolute Gasteiger partial charge is 0.483 e. The van der Waals surface area contributed by atoms with Gasteiger partial charge in [-0.2, -0.15) is 0 Å². The number of ether oxygens (including phenoxy) is 3. The quantitative estimate of drug-likeness (QED) is 0.421. The molecule has 7 nitrogen and oxygen atoms in total. The van der Waals surface area contributed by atoms with Crippen molar-refractivity contribution in [3.63, 3.8) is 0 Å². The Morgan fingerprint density at radius 3 is 2.21 bits per heavy atom. The maximum atomic E-state index is 12.8. The number of nitrogens with one attached hydrogen (secondary N) is 1. The summed E-state index contributed by atoms with van der Waals surface area (Å²) in [5, 5.41) is 2.92. The van der Waals surface area contributed by atoms with Crippen LogP contribution in [0.4, 0.5) is 5.00 Å². The highest BCUT2D eigenvalue weighted by molar-refractivity contribution is 7.18. The van der Waals surface area contributed by atoms with Gasteiger partial charge in [0.1, 0.15) is 22.2 Å². The van der Waals surface area contributed by atoms with E-state index in [4.69, 9.17) is 14.2 Å². The van der Waals surface area contributed by atoms with E-state index in [2.05, 4.69) is 5.32 Å². The van der Waals surface area contributed by atoms with E-state index in [0.717, 1.165) is 28.0 Å². The van der Waals surface area contributed by atoms with Crippen LogP contribution in [0.5, 0.6) is 5.75 Å². The summed E-state index contributed by atoms with van der Waals surface area (Å²) in [4.78, 5) is 38.2. The molecule has 0 atom stereocenters. The molecule has 0 saturated carbocycles. The van der Waals surface area contributed by atoms with Gasteiger partial charge in [-0.25, -0.2) is 9.59 Å². The number of esters is 2. The molecular formula is C26H27NO6S. The zero-order valence-corrected chi connectivity index (χ0v) is 20.4. The monoisotopic (exact) mass is 481 g/mol.